The topological polar surface area (TPSA) is 80.5 Å². The van der Waals surface area contributed by atoms with Gasteiger partial charge in [-0.05, 0) is 48.2 Å². The average Bonchev–Trinajstić information content (AvgIpc) is 3.26. The molecule has 0 saturated carbocycles. The smallest absolute Gasteiger partial charge is 0.433 e. The molecule has 192 valence electrons. The van der Waals surface area contributed by atoms with Crippen LogP contribution in [0.1, 0.15) is 24.1 Å². The number of fused-ring (bicyclic) bond motifs is 1. The Morgan fingerprint density at radius 2 is 1.86 bits per heavy atom. The summed E-state index contributed by atoms with van der Waals surface area (Å²) in [7, 11) is -4.07. The fourth-order valence-corrected chi connectivity index (χ4v) is 5.88. The van der Waals surface area contributed by atoms with Gasteiger partial charge >= 0.3 is 6.18 Å². The van der Waals surface area contributed by atoms with Crippen molar-refractivity contribution in [1.29, 1.82) is 0 Å². The maximum absolute atomic E-state index is 13.5. The molecule has 0 N–H and O–H groups in total. The van der Waals surface area contributed by atoms with Crippen LogP contribution in [0, 0.1) is 5.82 Å². The van der Waals surface area contributed by atoms with E-state index in [2.05, 4.69) is 4.98 Å². The van der Waals surface area contributed by atoms with Gasteiger partial charge in [-0.1, -0.05) is 30.3 Å². The molecule has 0 radical (unpaired) electrons. The van der Waals surface area contributed by atoms with Crippen molar-refractivity contribution < 1.29 is 35.2 Å². The third-order valence-corrected chi connectivity index (χ3v) is 8.10. The molecule has 3 heterocycles. The summed E-state index contributed by atoms with van der Waals surface area (Å²) in [6, 6.07) is 13.4. The zero-order chi connectivity index (χ0) is 26.4. The van der Waals surface area contributed by atoms with Crippen molar-refractivity contribution in [2.45, 2.75) is 36.6 Å². The number of aromatic nitrogens is 1. The summed E-state index contributed by atoms with van der Waals surface area (Å²) in [5, 5.41) is -0.0337. The summed E-state index contributed by atoms with van der Waals surface area (Å²) in [4.78, 5) is 16.4. The number of hydrogen-bond acceptors (Lipinski definition) is 5. The Labute approximate surface area is 209 Å². The molecule has 5 rings (SSSR count). The maximum atomic E-state index is 13.5. The van der Waals surface area contributed by atoms with E-state index in [9.17, 15) is 30.8 Å². The number of pyridine rings is 1. The fraction of sp³-hybridized carbons (Fsp3) is 0.231. The van der Waals surface area contributed by atoms with Crippen molar-refractivity contribution in [1.82, 2.24) is 9.29 Å². The number of hydrogen-bond donors (Lipinski definition) is 0. The number of halogens is 4. The van der Waals surface area contributed by atoms with Crippen LogP contribution < -0.4 is 0 Å². The van der Waals surface area contributed by atoms with E-state index < -0.39 is 33.8 Å². The zero-order valence-electron chi connectivity index (χ0n) is 19.2. The summed E-state index contributed by atoms with van der Waals surface area (Å²) >= 11 is 0. The Hall–Kier alpha value is -3.57. The number of nitrogens with zero attached hydrogens (tertiary/aromatic N) is 2. The van der Waals surface area contributed by atoms with Crippen LogP contribution in [0.3, 0.4) is 0 Å². The minimum absolute atomic E-state index is 0.0801. The SMILES string of the molecule is O=C(CCc1cccc(-c2ccc(C(F)(F)F)nc2)c1)C1CCN1S(=O)(=O)c1cc2cc(F)ccc2o1. The van der Waals surface area contributed by atoms with Gasteiger partial charge in [-0.3, -0.25) is 9.78 Å². The van der Waals surface area contributed by atoms with E-state index in [1.807, 2.05) is 0 Å². The molecule has 2 aromatic heterocycles. The number of furan rings is 1. The van der Waals surface area contributed by atoms with Crippen LogP contribution in [-0.2, 0) is 27.4 Å². The zero-order valence-corrected chi connectivity index (χ0v) is 20.0. The van der Waals surface area contributed by atoms with Crippen LogP contribution in [0.2, 0.25) is 0 Å². The maximum Gasteiger partial charge on any atom is 0.433 e. The molecular weight excluding hydrogens is 512 g/mol. The van der Waals surface area contributed by atoms with E-state index in [1.165, 1.54) is 30.3 Å². The van der Waals surface area contributed by atoms with Crippen LogP contribution >= 0.6 is 0 Å². The molecule has 2 aromatic carbocycles. The van der Waals surface area contributed by atoms with Gasteiger partial charge < -0.3 is 4.42 Å². The molecule has 4 aromatic rings. The van der Waals surface area contributed by atoms with Gasteiger partial charge in [-0.25, -0.2) is 12.8 Å². The monoisotopic (exact) mass is 532 g/mol. The number of ketones is 1. The van der Waals surface area contributed by atoms with Crippen molar-refractivity contribution >= 4 is 26.8 Å². The first kappa shape index (κ1) is 25.1. The molecule has 0 spiro atoms. The van der Waals surface area contributed by atoms with Crippen molar-refractivity contribution in [2.24, 2.45) is 0 Å². The number of rotatable bonds is 7. The minimum atomic E-state index is -4.52. The summed E-state index contributed by atoms with van der Waals surface area (Å²) < 4.78 is 84.4. The second-order valence-electron chi connectivity index (χ2n) is 8.76. The third-order valence-electron chi connectivity index (χ3n) is 6.34. The Morgan fingerprint density at radius 1 is 1.05 bits per heavy atom. The standard InChI is InChI=1S/C26H20F4N2O4S/c27-20-6-8-23-19(13-20)14-25(36-23)37(34,35)32-11-10-21(32)22(33)7-4-16-2-1-3-17(12-16)18-5-9-24(31-15-18)26(28,29)30/h1-3,5-6,8-9,12-15,21H,4,7,10-11H2. The van der Waals surface area contributed by atoms with E-state index in [0.29, 0.717) is 29.4 Å². The molecule has 11 heteroatoms. The lowest BCUT2D eigenvalue weighted by Gasteiger charge is -2.37. The lowest BCUT2D eigenvalue weighted by Crippen LogP contribution is -2.54. The largest absolute Gasteiger partial charge is 0.443 e. The van der Waals surface area contributed by atoms with Gasteiger partial charge in [0, 0.05) is 36.2 Å². The number of alkyl halides is 3. The highest BCUT2D eigenvalue weighted by Crippen LogP contribution is 2.32. The number of sulfonamides is 1. The number of aryl methyl sites for hydroxylation is 1. The van der Waals surface area contributed by atoms with E-state index in [1.54, 1.807) is 24.3 Å². The molecule has 0 amide bonds. The number of Topliss-reactive ketones (excluding diaryl/α,β-unsaturated/α-hetero) is 1. The predicted molar refractivity (Wildman–Crippen MR) is 126 cm³/mol. The lowest BCUT2D eigenvalue weighted by molar-refractivity contribution is -0.141. The number of carbonyl (C=O) groups is 1. The Bertz CT molecular complexity index is 1580. The Morgan fingerprint density at radius 3 is 2.54 bits per heavy atom. The second kappa shape index (κ2) is 9.38. The van der Waals surface area contributed by atoms with Gasteiger partial charge in [0.05, 0.1) is 6.04 Å². The number of carbonyl (C=O) groups excluding carboxylic acids is 1. The molecule has 1 fully saturated rings. The van der Waals surface area contributed by atoms with Crippen LogP contribution in [0.4, 0.5) is 17.6 Å². The van der Waals surface area contributed by atoms with Crippen molar-refractivity contribution in [3.8, 4) is 11.1 Å². The quantitative estimate of drug-likeness (QED) is 0.289. The molecule has 1 aliphatic heterocycles. The van der Waals surface area contributed by atoms with Crippen molar-refractivity contribution in [3.05, 3.63) is 83.9 Å². The number of benzene rings is 2. The first-order valence-electron chi connectivity index (χ1n) is 11.4. The third kappa shape index (κ3) is 5.01. The average molecular weight is 533 g/mol. The minimum Gasteiger partial charge on any atom is -0.443 e. The molecule has 1 atom stereocenters. The van der Waals surface area contributed by atoms with Crippen LogP contribution in [0.5, 0.6) is 0 Å². The molecule has 37 heavy (non-hydrogen) atoms. The molecular formula is C26H20F4N2O4S. The van der Waals surface area contributed by atoms with E-state index in [4.69, 9.17) is 4.42 Å². The highest BCUT2D eigenvalue weighted by atomic mass is 32.2. The molecule has 1 unspecified atom stereocenters. The van der Waals surface area contributed by atoms with Gasteiger partial charge in [0.1, 0.15) is 17.1 Å². The fourth-order valence-electron chi connectivity index (χ4n) is 4.28. The van der Waals surface area contributed by atoms with Crippen molar-refractivity contribution in [2.75, 3.05) is 6.54 Å². The highest BCUT2D eigenvalue weighted by molar-refractivity contribution is 7.89. The Kier molecular flexibility index (Phi) is 6.36. The second-order valence-corrected chi connectivity index (χ2v) is 10.6. The Balaban J connectivity index is 1.25. The van der Waals surface area contributed by atoms with Gasteiger partial charge in [0.25, 0.3) is 10.0 Å². The van der Waals surface area contributed by atoms with Crippen LogP contribution in [0.25, 0.3) is 22.1 Å². The molecule has 1 saturated heterocycles. The lowest BCUT2D eigenvalue weighted by atomic mass is 9.96. The highest BCUT2D eigenvalue weighted by Gasteiger charge is 2.43. The first-order chi connectivity index (χ1) is 17.5. The normalized spacial score (nSPS) is 16.6. The molecule has 0 bridgehead atoms. The van der Waals surface area contributed by atoms with E-state index >= 15 is 0 Å². The summed E-state index contributed by atoms with van der Waals surface area (Å²) in [6.45, 7) is 0.167. The molecule has 0 aliphatic carbocycles. The summed E-state index contributed by atoms with van der Waals surface area (Å²) in [6.07, 6.45) is -2.58. The summed E-state index contributed by atoms with van der Waals surface area (Å²) in [5.74, 6) is -0.772. The van der Waals surface area contributed by atoms with Gasteiger partial charge in [0.15, 0.2) is 5.78 Å². The van der Waals surface area contributed by atoms with E-state index in [0.717, 1.165) is 22.1 Å². The predicted octanol–water partition coefficient (Wildman–Crippen LogP) is 5.62. The van der Waals surface area contributed by atoms with Gasteiger partial charge in [-0.2, -0.15) is 17.5 Å². The molecule has 1 aliphatic rings. The van der Waals surface area contributed by atoms with Crippen molar-refractivity contribution in [3.63, 3.8) is 0 Å². The first-order valence-corrected chi connectivity index (χ1v) is 12.8. The summed E-state index contributed by atoms with van der Waals surface area (Å²) in [5.41, 5.74) is 1.18. The van der Waals surface area contributed by atoms with Gasteiger partial charge in [0.2, 0.25) is 5.09 Å². The van der Waals surface area contributed by atoms with E-state index in [-0.39, 0.29) is 29.4 Å². The van der Waals surface area contributed by atoms with Crippen LogP contribution in [0.15, 0.2) is 76.4 Å². The van der Waals surface area contributed by atoms with Crippen LogP contribution in [-0.4, -0.2) is 36.1 Å². The molecule has 6 nitrogen and oxygen atoms in total. The van der Waals surface area contributed by atoms with Gasteiger partial charge in [-0.15, -0.1) is 0 Å².